The average molecular weight is 349 g/mol. The first kappa shape index (κ1) is 16.6. The van der Waals surface area contributed by atoms with Gasteiger partial charge in [0.25, 0.3) is 5.91 Å². The lowest BCUT2D eigenvalue weighted by Gasteiger charge is -2.33. The number of para-hydroxylation sites is 1. The summed E-state index contributed by atoms with van der Waals surface area (Å²) < 4.78 is 0. The third-order valence-electron chi connectivity index (χ3n) is 5.26. The van der Waals surface area contributed by atoms with Gasteiger partial charge in [0.2, 0.25) is 0 Å². The van der Waals surface area contributed by atoms with Gasteiger partial charge in [-0.05, 0) is 43.0 Å². The highest BCUT2D eigenvalue weighted by molar-refractivity contribution is 5.95. The second kappa shape index (κ2) is 7.20. The third-order valence-corrected chi connectivity index (χ3v) is 5.26. The fourth-order valence-corrected chi connectivity index (χ4v) is 3.79. The minimum absolute atomic E-state index is 0.0252. The lowest BCUT2D eigenvalue weighted by molar-refractivity contribution is 0.0708. The molecule has 0 aromatic heterocycles. The van der Waals surface area contributed by atoms with Crippen molar-refractivity contribution in [3.63, 3.8) is 0 Å². The summed E-state index contributed by atoms with van der Waals surface area (Å²) in [6.07, 6.45) is 2.49. The van der Waals surface area contributed by atoms with E-state index in [1.165, 1.54) is 5.56 Å². The van der Waals surface area contributed by atoms with E-state index in [2.05, 4.69) is 11.4 Å². The van der Waals surface area contributed by atoms with Crippen LogP contribution in [-0.2, 0) is 6.42 Å². The molecule has 2 aliphatic heterocycles. The lowest BCUT2D eigenvalue weighted by atomic mass is 10.0. The number of anilines is 1. The summed E-state index contributed by atoms with van der Waals surface area (Å²) in [4.78, 5) is 28.9. The number of nitrogens with zero attached hydrogens (tertiary/aromatic N) is 2. The van der Waals surface area contributed by atoms with E-state index < -0.39 is 0 Å². The van der Waals surface area contributed by atoms with Crippen molar-refractivity contribution in [2.45, 2.75) is 25.3 Å². The highest BCUT2D eigenvalue weighted by Crippen LogP contribution is 2.27. The van der Waals surface area contributed by atoms with E-state index in [1.807, 2.05) is 58.3 Å². The van der Waals surface area contributed by atoms with Crippen LogP contribution in [0.15, 0.2) is 54.6 Å². The summed E-state index contributed by atoms with van der Waals surface area (Å²) in [5.74, 6) is 0.0730. The molecule has 26 heavy (non-hydrogen) atoms. The van der Waals surface area contributed by atoms with Crippen molar-refractivity contribution in [2.75, 3.05) is 24.5 Å². The van der Waals surface area contributed by atoms with Gasteiger partial charge in [-0.15, -0.1) is 0 Å². The number of carbonyl (C=O) groups excluding carboxylic acids is 2. The Morgan fingerprint density at radius 2 is 1.58 bits per heavy atom. The van der Waals surface area contributed by atoms with Crippen LogP contribution in [0.4, 0.5) is 10.5 Å². The van der Waals surface area contributed by atoms with Crippen molar-refractivity contribution in [3.05, 3.63) is 65.7 Å². The van der Waals surface area contributed by atoms with Crippen molar-refractivity contribution in [1.29, 1.82) is 0 Å². The molecule has 2 aromatic rings. The number of piperidine rings is 1. The zero-order valence-corrected chi connectivity index (χ0v) is 14.7. The Morgan fingerprint density at radius 1 is 0.885 bits per heavy atom. The van der Waals surface area contributed by atoms with Gasteiger partial charge < -0.3 is 10.2 Å². The second-order valence-electron chi connectivity index (χ2n) is 6.91. The predicted octanol–water partition coefficient (Wildman–Crippen LogP) is 3.06. The molecule has 1 saturated heterocycles. The number of rotatable bonds is 2. The van der Waals surface area contributed by atoms with Crippen LogP contribution in [0.25, 0.3) is 0 Å². The van der Waals surface area contributed by atoms with Crippen LogP contribution in [0.1, 0.15) is 28.8 Å². The Balaban J connectivity index is 1.32. The van der Waals surface area contributed by atoms with E-state index in [9.17, 15) is 9.59 Å². The average Bonchev–Trinajstić information content (AvgIpc) is 3.13. The van der Waals surface area contributed by atoms with E-state index in [1.54, 1.807) is 0 Å². The van der Waals surface area contributed by atoms with Gasteiger partial charge in [0, 0.05) is 36.9 Å². The Labute approximate surface area is 153 Å². The Bertz CT molecular complexity index is 798. The molecule has 2 aromatic carbocycles. The molecule has 0 unspecified atom stereocenters. The van der Waals surface area contributed by atoms with E-state index in [4.69, 9.17) is 0 Å². The van der Waals surface area contributed by atoms with Crippen LogP contribution < -0.4 is 10.2 Å². The van der Waals surface area contributed by atoms with Gasteiger partial charge in [0.05, 0.1) is 0 Å². The van der Waals surface area contributed by atoms with Gasteiger partial charge in [0.1, 0.15) is 0 Å². The van der Waals surface area contributed by atoms with Crippen molar-refractivity contribution in [1.82, 2.24) is 10.2 Å². The number of fused-ring (bicyclic) bond motifs is 1. The molecule has 0 saturated carbocycles. The number of nitrogens with one attached hydrogen (secondary N) is 1. The van der Waals surface area contributed by atoms with Crippen molar-refractivity contribution in [2.24, 2.45) is 0 Å². The molecule has 0 atom stereocenters. The van der Waals surface area contributed by atoms with Gasteiger partial charge in [0.15, 0.2) is 0 Å². The van der Waals surface area contributed by atoms with Gasteiger partial charge in [-0.25, -0.2) is 4.79 Å². The van der Waals surface area contributed by atoms with E-state index in [0.717, 1.165) is 37.1 Å². The normalized spacial score (nSPS) is 17.1. The van der Waals surface area contributed by atoms with Crippen LogP contribution >= 0.6 is 0 Å². The lowest BCUT2D eigenvalue weighted by Crippen LogP contribution is -2.50. The van der Waals surface area contributed by atoms with E-state index in [-0.39, 0.29) is 18.0 Å². The summed E-state index contributed by atoms with van der Waals surface area (Å²) >= 11 is 0. The fraction of sp³-hybridized carbons (Fsp3) is 0.333. The molecule has 0 aliphatic carbocycles. The summed E-state index contributed by atoms with van der Waals surface area (Å²) in [6.45, 7) is 2.08. The van der Waals surface area contributed by atoms with Gasteiger partial charge in [-0.3, -0.25) is 9.69 Å². The number of amides is 3. The first-order valence-corrected chi connectivity index (χ1v) is 9.22. The predicted molar refractivity (Wildman–Crippen MR) is 101 cm³/mol. The number of hydrogen-bond acceptors (Lipinski definition) is 2. The SMILES string of the molecule is O=C(c1ccccc1)N1CCC(NC(=O)N2CCc3ccccc32)CC1. The molecule has 2 heterocycles. The molecule has 5 nitrogen and oxygen atoms in total. The van der Waals surface area contributed by atoms with Gasteiger partial charge in [-0.2, -0.15) is 0 Å². The molecule has 134 valence electrons. The van der Waals surface area contributed by atoms with Crippen LogP contribution in [-0.4, -0.2) is 42.5 Å². The molecular formula is C21H23N3O2. The van der Waals surface area contributed by atoms with E-state index in [0.29, 0.717) is 13.1 Å². The first-order valence-electron chi connectivity index (χ1n) is 9.22. The molecule has 4 rings (SSSR count). The topological polar surface area (TPSA) is 52.7 Å². The van der Waals surface area contributed by atoms with Crippen molar-refractivity contribution in [3.8, 4) is 0 Å². The monoisotopic (exact) mass is 349 g/mol. The zero-order valence-electron chi connectivity index (χ0n) is 14.7. The fourth-order valence-electron chi connectivity index (χ4n) is 3.79. The highest BCUT2D eigenvalue weighted by Gasteiger charge is 2.28. The van der Waals surface area contributed by atoms with E-state index >= 15 is 0 Å². The maximum Gasteiger partial charge on any atom is 0.322 e. The van der Waals surface area contributed by atoms with Crippen LogP contribution in [0.5, 0.6) is 0 Å². The van der Waals surface area contributed by atoms with Gasteiger partial charge >= 0.3 is 6.03 Å². The van der Waals surface area contributed by atoms with Gasteiger partial charge in [-0.1, -0.05) is 36.4 Å². The molecule has 0 radical (unpaired) electrons. The van der Waals surface area contributed by atoms with Crippen LogP contribution in [0.2, 0.25) is 0 Å². The largest absolute Gasteiger partial charge is 0.338 e. The summed E-state index contributed by atoms with van der Waals surface area (Å²) in [5.41, 5.74) is 2.97. The standard InChI is InChI=1S/C21H23N3O2/c25-20(17-7-2-1-3-8-17)23-13-11-18(12-14-23)22-21(26)24-15-10-16-6-4-5-9-19(16)24/h1-9,18H,10-15H2,(H,22,26). The number of likely N-dealkylation sites (tertiary alicyclic amines) is 1. The highest BCUT2D eigenvalue weighted by atomic mass is 16.2. The molecule has 1 fully saturated rings. The number of hydrogen-bond donors (Lipinski definition) is 1. The maximum absolute atomic E-state index is 12.6. The summed E-state index contributed by atoms with van der Waals surface area (Å²) in [5, 5.41) is 3.15. The number of urea groups is 1. The Hall–Kier alpha value is -2.82. The summed E-state index contributed by atoms with van der Waals surface area (Å²) in [6, 6.07) is 17.5. The molecule has 1 N–H and O–H groups in total. The number of carbonyl (C=O) groups is 2. The zero-order chi connectivity index (χ0) is 17.9. The Morgan fingerprint density at radius 3 is 2.35 bits per heavy atom. The van der Waals surface area contributed by atoms with Crippen LogP contribution in [0, 0.1) is 0 Å². The molecule has 5 heteroatoms. The van der Waals surface area contributed by atoms with Crippen LogP contribution in [0.3, 0.4) is 0 Å². The third kappa shape index (κ3) is 3.29. The number of benzene rings is 2. The molecular weight excluding hydrogens is 326 g/mol. The quantitative estimate of drug-likeness (QED) is 0.906. The minimum Gasteiger partial charge on any atom is -0.338 e. The minimum atomic E-state index is -0.0252. The molecule has 0 spiro atoms. The molecule has 3 amide bonds. The summed E-state index contributed by atoms with van der Waals surface area (Å²) in [7, 11) is 0. The van der Waals surface area contributed by atoms with Crippen molar-refractivity contribution >= 4 is 17.6 Å². The molecule has 0 bridgehead atoms. The van der Waals surface area contributed by atoms with Crippen molar-refractivity contribution < 1.29 is 9.59 Å². The maximum atomic E-state index is 12.6. The smallest absolute Gasteiger partial charge is 0.322 e. The second-order valence-corrected chi connectivity index (χ2v) is 6.91. The molecule has 2 aliphatic rings. The first-order chi connectivity index (χ1) is 12.7. The Kier molecular flexibility index (Phi) is 4.61.